The van der Waals surface area contributed by atoms with Gasteiger partial charge >= 0.3 is 0 Å². The Balaban J connectivity index is 1.84. The number of hydrogen-bond donors (Lipinski definition) is 1. The van der Waals surface area contributed by atoms with Gasteiger partial charge < -0.3 is 9.67 Å². The molecule has 6 heteroatoms. The minimum atomic E-state index is 0.163. The van der Waals surface area contributed by atoms with Crippen LogP contribution in [0.5, 0.6) is 5.88 Å². The van der Waals surface area contributed by atoms with Gasteiger partial charge in [-0.05, 0) is 55.3 Å². The molecule has 0 aliphatic carbocycles. The van der Waals surface area contributed by atoms with Gasteiger partial charge in [0.05, 0.1) is 17.2 Å². The molecule has 1 aliphatic heterocycles. The van der Waals surface area contributed by atoms with Crippen LogP contribution in [-0.4, -0.2) is 21.2 Å². The zero-order chi connectivity index (χ0) is 17.6. The molecule has 0 spiro atoms. The summed E-state index contributed by atoms with van der Waals surface area (Å²) in [5, 5.41) is 21.0. The third-order valence-electron chi connectivity index (χ3n) is 4.37. The minimum Gasteiger partial charge on any atom is -0.493 e. The van der Waals surface area contributed by atoms with Crippen LogP contribution in [0.3, 0.4) is 0 Å². The smallest absolute Gasteiger partial charge is 0.221 e. The van der Waals surface area contributed by atoms with Gasteiger partial charge in [-0.15, -0.1) is 5.11 Å². The van der Waals surface area contributed by atoms with E-state index in [-0.39, 0.29) is 5.88 Å². The van der Waals surface area contributed by atoms with E-state index in [2.05, 4.69) is 16.3 Å². The highest BCUT2D eigenvalue weighted by Crippen LogP contribution is 2.45. The number of thioether (sulfide) groups is 1. The summed E-state index contributed by atoms with van der Waals surface area (Å²) in [4.78, 5) is 0. The molecule has 4 rings (SSSR count). The maximum atomic E-state index is 10.8. The number of aromatic hydroxyl groups is 1. The van der Waals surface area contributed by atoms with Crippen molar-refractivity contribution < 1.29 is 5.11 Å². The first-order chi connectivity index (χ1) is 12.0. The van der Waals surface area contributed by atoms with Crippen molar-refractivity contribution in [2.75, 3.05) is 11.5 Å². The molecule has 3 aromatic rings. The summed E-state index contributed by atoms with van der Waals surface area (Å²) in [6.07, 6.45) is 0. The Labute approximate surface area is 155 Å². The Bertz CT molecular complexity index is 972. The second-order valence-electron chi connectivity index (χ2n) is 6.44. The lowest BCUT2D eigenvalue weighted by atomic mass is 10.1. The van der Waals surface area contributed by atoms with Gasteiger partial charge in [0, 0.05) is 21.9 Å². The van der Waals surface area contributed by atoms with Crippen molar-refractivity contribution in [3.63, 3.8) is 0 Å². The van der Waals surface area contributed by atoms with Crippen LogP contribution in [-0.2, 0) is 0 Å². The van der Waals surface area contributed by atoms with E-state index in [1.165, 1.54) is 0 Å². The molecule has 128 valence electrons. The highest BCUT2D eigenvalue weighted by molar-refractivity contribution is 8.00. The molecule has 4 nitrogen and oxygen atoms in total. The number of aryl methyl sites for hydroxylation is 2. The molecule has 1 aromatic heterocycles. The Kier molecular flexibility index (Phi) is 4.21. The summed E-state index contributed by atoms with van der Waals surface area (Å²) < 4.78 is 1.96. The molecule has 0 atom stereocenters. The van der Waals surface area contributed by atoms with E-state index in [4.69, 9.17) is 11.6 Å². The molecule has 1 fully saturated rings. The molecule has 25 heavy (non-hydrogen) atoms. The molecule has 2 heterocycles. The molecule has 1 saturated heterocycles. The summed E-state index contributed by atoms with van der Waals surface area (Å²) in [5.74, 6) is 2.15. The van der Waals surface area contributed by atoms with Crippen molar-refractivity contribution in [3.05, 3.63) is 52.5 Å². The van der Waals surface area contributed by atoms with Crippen molar-refractivity contribution in [1.29, 1.82) is 0 Å². The molecular formula is C19H18ClN3OS. The molecule has 0 amide bonds. The van der Waals surface area contributed by atoms with E-state index in [1.54, 1.807) is 0 Å². The van der Waals surface area contributed by atoms with Crippen LogP contribution in [0.25, 0.3) is 10.9 Å². The molecule has 0 saturated carbocycles. The molecule has 0 radical (unpaired) electrons. The van der Waals surface area contributed by atoms with E-state index in [1.807, 2.05) is 60.5 Å². The fourth-order valence-corrected chi connectivity index (χ4v) is 4.13. The molecule has 1 aliphatic rings. The minimum absolute atomic E-state index is 0.163. The SMILES string of the molecule is Cc1cc(C)cc(N=Nc2c(O)n(C3CSC3)c3ccc(Cl)cc23)c1. The molecule has 0 bridgehead atoms. The van der Waals surface area contributed by atoms with Gasteiger partial charge in [-0.25, -0.2) is 0 Å². The van der Waals surface area contributed by atoms with Gasteiger partial charge in [-0.1, -0.05) is 17.7 Å². The predicted molar refractivity (Wildman–Crippen MR) is 105 cm³/mol. The highest BCUT2D eigenvalue weighted by atomic mass is 35.5. The molecular weight excluding hydrogens is 354 g/mol. The average molecular weight is 372 g/mol. The van der Waals surface area contributed by atoms with Gasteiger partial charge in [0.2, 0.25) is 5.88 Å². The largest absolute Gasteiger partial charge is 0.493 e. The lowest BCUT2D eigenvalue weighted by molar-refractivity contribution is 0.406. The van der Waals surface area contributed by atoms with Crippen LogP contribution in [0, 0.1) is 13.8 Å². The number of aromatic nitrogens is 1. The number of azo groups is 1. The molecule has 1 N–H and O–H groups in total. The summed E-state index contributed by atoms with van der Waals surface area (Å²) in [6.45, 7) is 4.06. The highest BCUT2D eigenvalue weighted by Gasteiger charge is 2.27. The maximum absolute atomic E-state index is 10.8. The quantitative estimate of drug-likeness (QED) is 0.547. The number of nitrogens with zero attached hydrogens (tertiary/aromatic N) is 3. The second kappa shape index (κ2) is 6.39. The van der Waals surface area contributed by atoms with Crippen LogP contribution >= 0.6 is 23.4 Å². The number of benzene rings is 2. The van der Waals surface area contributed by atoms with Gasteiger partial charge in [0.1, 0.15) is 0 Å². The normalized spacial score (nSPS) is 15.2. The third kappa shape index (κ3) is 3.02. The van der Waals surface area contributed by atoms with Crippen molar-refractivity contribution in [2.24, 2.45) is 10.2 Å². The Hall–Kier alpha value is -1.98. The van der Waals surface area contributed by atoms with Gasteiger partial charge in [0.25, 0.3) is 0 Å². The first kappa shape index (κ1) is 16.5. The lowest BCUT2D eigenvalue weighted by Gasteiger charge is -2.27. The first-order valence-corrected chi connectivity index (χ1v) is 9.66. The van der Waals surface area contributed by atoms with E-state index in [0.29, 0.717) is 16.8 Å². The van der Waals surface area contributed by atoms with Gasteiger partial charge in [-0.2, -0.15) is 16.9 Å². The molecule has 0 unspecified atom stereocenters. The van der Waals surface area contributed by atoms with E-state index < -0.39 is 0 Å². The van der Waals surface area contributed by atoms with Crippen LogP contribution in [0.2, 0.25) is 5.02 Å². The standard InChI is InChI=1S/C19H18ClN3OS/c1-11-5-12(2)7-14(6-11)21-22-18-16-8-13(20)3-4-17(16)23(19(18)24)15-9-25-10-15/h3-8,15,24H,9-10H2,1-2H3. The number of halogens is 1. The summed E-state index contributed by atoms with van der Waals surface area (Å²) in [6, 6.07) is 12.0. The van der Waals surface area contributed by atoms with Crippen molar-refractivity contribution in [2.45, 2.75) is 19.9 Å². The van der Waals surface area contributed by atoms with Gasteiger partial charge in [0.15, 0.2) is 5.69 Å². The van der Waals surface area contributed by atoms with Crippen molar-refractivity contribution in [3.8, 4) is 5.88 Å². The second-order valence-corrected chi connectivity index (χ2v) is 7.95. The van der Waals surface area contributed by atoms with Crippen LogP contribution in [0.15, 0.2) is 46.6 Å². The fraction of sp³-hybridized carbons (Fsp3) is 0.263. The topological polar surface area (TPSA) is 49.9 Å². The summed E-state index contributed by atoms with van der Waals surface area (Å²) >= 11 is 8.04. The molecule has 2 aromatic carbocycles. The van der Waals surface area contributed by atoms with Crippen molar-refractivity contribution in [1.82, 2.24) is 4.57 Å². The van der Waals surface area contributed by atoms with Crippen molar-refractivity contribution >= 4 is 45.6 Å². The maximum Gasteiger partial charge on any atom is 0.221 e. The van der Waals surface area contributed by atoms with E-state index in [0.717, 1.165) is 39.2 Å². The number of rotatable bonds is 3. The Morgan fingerprint density at radius 1 is 1.08 bits per heavy atom. The Morgan fingerprint density at radius 2 is 1.80 bits per heavy atom. The number of fused-ring (bicyclic) bond motifs is 1. The van der Waals surface area contributed by atoms with E-state index in [9.17, 15) is 5.11 Å². The zero-order valence-corrected chi connectivity index (χ0v) is 15.6. The van der Waals surface area contributed by atoms with Crippen LogP contribution in [0.1, 0.15) is 17.2 Å². The Morgan fingerprint density at radius 3 is 2.44 bits per heavy atom. The lowest BCUT2D eigenvalue weighted by Crippen LogP contribution is -2.22. The fourth-order valence-electron chi connectivity index (χ4n) is 3.21. The summed E-state index contributed by atoms with van der Waals surface area (Å²) in [7, 11) is 0. The average Bonchev–Trinajstić information content (AvgIpc) is 2.75. The third-order valence-corrected chi connectivity index (χ3v) is 5.85. The monoisotopic (exact) mass is 371 g/mol. The summed E-state index contributed by atoms with van der Waals surface area (Å²) in [5.41, 5.74) is 4.47. The first-order valence-electron chi connectivity index (χ1n) is 8.13. The van der Waals surface area contributed by atoms with Gasteiger partial charge in [-0.3, -0.25) is 0 Å². The predicted octanol–water partition coefficient (Wildman–Crippen LogP) is 6.32. The number of hydrogen-bond acceptors (Lipinski definition) is 4. The van der Waals surface area contributed by atoms with Crippen LogP contribution in [0.4, 0.5) is 11.4 Å². The van der Waals surface area contributed by atoms with E-state index >= 15 is 0 Å². The zero-order valence-electron chi connectivity index (χ0n) is 14.0. The van der Waals surface area contributed by atoms with Crippen LogP contribution < -0.4 is 0 Å².